The number of amides is 1. The Kier molecular flexibility index (Phi) is 7.90. The monoisotopic (exact) mass is 429 g/mol. The van der Waals surface area contributed by atoms with Crippen LogP contribution < -0.4 is 11.1 Å². The Labute approximate surface area is 174 Å². The zero-order chi connectivity index (χ0) is 19.6. The third-order valence-electron chi connectivity index (χ3n) is 5.68. The smallest absolute Gasteiger partial charge is 0.251 e. The summed E-state index contributed by atoms with van der Waals surface area (Å²) in [4.78, 5) is 12.8. The van der Waals surface area contributed by atoms with Crippen LogP contribution in [0.15, 0.2) is 29.2 Å². The molecule has 158 valence electrons. The fraction of sp³-hybridized carbons (Fsp3) is 0.650. The molecular formula is C20H32ClN3O3S. The standard InChI is InChI=1S/C20H31N3O3S.ClH/c1-14-10-15(2)13-23(12-14)27(25,26)19-5-3-4-16(11-19)20(24)22-18-8-6-17(21)7-9-18;/h3-5,11,14-15,17-18H,6-10,12-13,21H2,1-2H3,(H,22,24);1H. The van der Waals surface area contributed by atoms with Crippen molar-refractivity contribution in [2.45, 2.75) is 62.9 Å². The minimum absolute atomic E-state index is 0. The quantitative estimate of drug-likeness (QED) is 0.769. The van der Waals surface area contributed by atoms with Gasteiger partial charge >= 0.3 is 0 Å². The molecule has 6 nitrogen and oxygen atoms in total. The molecule has 0 bridgehead atoms. The van der Waals surface area contributed by atoms with E-state index in [0.717, 1.165) is 32.1 Å². The first-order valence-corrected chi connectivity index (χ1v) is 11.4. The van der Waals surface area contributed by atoms with Crippen molar-refractivity contribution in [3.05, 3.63) is 29.8 Å². The predicted octanol–water partition coefficient (Wildman–Crippen LogP) is 2.77. The van der Waals surface area contributed by atoms with Gasteiger partial charge in [-0.2, -0.15) is 4.31 Å². The molecule has 1 saturated heterocycles. The molecule has 0 aromatic heterocycles. The normalized spacial score (nSPS) is 29.0. The Bertz CT molecular complexity index is 769. The Morgan fingerprint density at radius 2 is 1.71 bits per heavy atom. The fourth-order valence-electron chi connectivity index (χ4n) is 4.28. The molecule has 1 amide bonds. The Morgan fingerprint density at radius 1 is 1.11 bits per heavy atom. The van der Waals surface area contributed by atoms with E-state index in [2.05, 4.69) is 19.2 Å². The zero-order valence-electron chi connectivity index (χ0n) is 16.6. The van der Waals surface area contributed by atoms with E-state index in [1.165, 1.54) is 6.07 Å². The van der Waals surface area contributed by atoms with Crippen molar-refractivity contribution in [3.8, 4) is 0 Å². The lowest BCUT2D eigenvalue weighted by atomic mass is 9.91. The van der Waals surface area contributed by atoms with E-state index in [4.69, 9.17) is 5.73 Å². The van der Waals surface area contributed by atoms with Gasteiger partial charge in [0.05, 0.1) is 4.90 Å². The van der Waals surface area contributed by atoms with Crippen LogP contribution in [0.3, 0.4) is 0 Å². The summed E-state index contributed by atoms with van der Waals surface area (Å²) in [5.74, 6) is 0.466. The molecule has 1 aliphatic heterocycles. The summed E-state index contributed by atoms with van der Waals surface area (Å²) in [6, 6.07) is 6.74. The van der Waals surface area contributed by atoms with Crippen molar-refractivity contribution < 1.29 is 13.2 Å². The molecule has 1 saturated carbocycles. The Balaban J connectivity index is 0.00000280. The summed E-state index contributed by atoms with van der Waals surface area (Å²) in [6.45, 7) is 5.23. The summed E-state index contributed by atoms with van der Waals surface area (Å²) in [5.41, 5.74) is 6.31. The maximum absolute atomic E-state index is 13.1. The molecule has 8 heteroatoms. The molecule has 28 heavy (non-hydrogen) atoms. The molecule has 3 N–H and O–H groups in total. The third kappa shape index (κ3) is 5.47. The van der Waals surface area contributed by atoms with Gasteiger partial charge in [-0.3, -0.25) is 4.79 Å². The highest BCUT2D eigenvalue weighted by Gasteiger charge is 2.32. The number of rotatable bonds is 4. The second-order valence-corrected chi connectivity index (χ2v) is 10.3. The number of benzene rings is 1. The molecule has 2 atom stereocenters. The van der Waals surface area contributed by atoms with Crippen molar-refractivity contribution in [1.82, 2.24) is 9.62 Å². The number of sulfonamides is 1. The first kappa shape index (κ1) is 23.1. The van der Waals surface area contributed by atoms with Crippen molar-refractivity contribution >= 4 is 28.3 Å². The van der Waals surface area contributed by atoms with E-state index in [1.807, 2.05) is 0 Å². The number of carbonyl (C=O) groups is 1. The van der Waals surface area contributed by atoms with Gasteiger partial charge < -0.3 is 11.1 Å². The lowest BCUT2D eigenvalue weighted by Crippen LogP contribution is -2.42. The first-order valence-electron chi connectivity index (χ1n) is 9.92. The average molecular weight is 430 g/mol. The minimum atomic E-state index is -3.59. The number of nitrogens with one attached hydrogen (secondary N) is 1. The van der Waals surface area contributed by atoms with Crippen molar-refractivity contribution in [2.24, 2.45) is 17.6 Å². The maximum Gasteiger partial charge on any atom is 0.251 e. The fourth-order valence-corrected chi connectivity index (χ4v) is 6.01. The molecule has 1 aliphatic carbocycles. The minimum Gasteiger partial charge on any atom is -0.349 e. The van der Waals surface area contributed by atoms with Crippen LogP contribution in [0, 0.1) is 11.8 Å². The lowest BCUT2D eigenvalue weighted by molar-refractivity contribution is 0.0925. The maximum atomic E-state index is 13.1. The van der Waals surface area contributed by atoms with Gasteiger partial charge in [0.25, 0.3) is 5.91 Å². The van der Waals surface area contributed by atoms with Crippen molar-refractivity contribution in [2.75, 3.05) is 13.1 Å². The van der Waals surface area contributed by atoms with Gasteiger partial charge in [0.1, 0.15) is 0 Å². The molecule has 1 heterocycles. The van der Waals surface area contributed by atoms with Gasteiger partial charge in [-0.15, -0.1) is 12.4 Å². The number of hydrogen-bond donors (Lipinski definition) is 2. The van der Waals surface area contributed by atoms with Gasteiger partial charge in [-0.25, -0.2) is 8.42 Å². The van der Waals surface area contributed by atoms with Gasteiger partial charge in [0, 0.05) is 30.7 Å². The highest BCUT2D eigenvalue weighted by Crippen LogP contribution is 2.27. The van der Waals surface area contributed by atoms with E-state index < -0.39 is 10.0 Å². The van der Waals surface area contributed by atoms with Crippen LogP contribution >= 0.6 is 12.4 Å². The Morgan fingerprint density at radius 3 is 2.32 bits per heavy atom. The number of piperidine rings is 1. The molecule has 2 aliphatic rings. The molecular weight excluding hydrogens is 398 g/mol. The van der Waals surface area contributed by atoms with Crippen LogP contribution in [-0.4, -0.2) is 43.8 Å². The zero-order valence-corrected chi connectivity index (χ0v) is 18.3. The molecule has 0 spiro atoms. The van der Waals surface area contributed by atoms with E-state index in [1.54, 1.807) is 22.5 Å². The molecule has 1 aromatic carbocycles. The highest BCUT2D eigenvalue weighted by atomic mass is 35.5. The van der Waals surface area contributed by atoms with E-state index in [9.17, 15) is 13.2 Å². The van der Waals surface area contributed by atoms with Crippen LogP contribution in [0.2, 0.25) is 0 Å². The summed E-state index contributed by atoms with van der Waals surface area (Å²) in [6.07, 6.45) is 4.60. The summed E-state index contributed by atoms with van der Waals surface area (Å²) in [7, 11) is -3.59. The van der Waals surface area contributed by atoms with E-state index >= 15 is 0 Å². The summed E-state index contributed by atoms with van der Waals surface area (Å²) in [5, 5.41) is 3.03. The lowest BCUT2D eigenvalue weighted by Gasteiger charge is -2.34. The average Bonchev–Trinajstić information content (AvgIpc) is 2.63. The van der Waals surface area contributed by atoms with Crippen LogP contribution in [0.5, 0.6) is 0 Å². The van der Waals surface area contributed by atoms with Gasteiger partial charge in [-0.05, 0) is 62.1 Å². The topological polar surface area (TPSA) is 92.5 Å². The van der Waals surface area contributed by atoms with Crippen LogP contribution in [0.4, 0.5) is 0 Å². The number of halogens is 1. The molecule has 3 rings (SSSR count). The second kappa shape index (κ2) is 9.57. The van der Waals surface area contributed by atoms with Crippen molar-refractivity contribution in [3.63, 3.8) is 0 Å². The van der Waals surface area contributed by atoms with Gasteiger partial charge in [-0.1, -0.05) is 19.9 Å². The Hall–Kier alpha value is -1.15. The van der Waals surface area contributed by atoms with E-state index in [0.29, 0.717) is 30.5 Å². The van der Waals surface area contributed by atoms with Crippen LogP contribution in [-0.2, 0) is 10.0 Å². The second-order valence-electron chi connectivity index (χ2n) is 8.38. The van der Waals surface area contributed by atoms with Crippen LogP contribution in [0.25, 0.3) is 0 Å². The highest BCUT2D eigenvalue weighted by molar-refractivity contribution is 7.89. The first-order chi connectivity index (χ1) is 12.8. The molecule has 1 aromatic rings. The third-order valence-corrected chi connectivity index (χ3v) is 7.50. The number of carbonyl (C=O) groups excluding carboxylic acids is 1. The predicted molar refractivity (Wildman–Crippen MR) is 113 cm³/mol. The van der Waals surface area contributed by atoms with E-state index in [-0.39, 0.29) is 35.3 Å². The molecule has 2 unspecified atom stereocenters. The number of hydrogen-bond acceptors (Lipinski definition) is 4. The molecule has 0 radical (unpaired) electrons. The summed E-state index contributed by atoms with van der Waals surface area (Å²) < 4.78 is 27.7. The largest absolute Gasteiger partial charge is 0.349 e. The number of nitrogens with zero attached hydrogens (tertiary/aromatic N) is 1. The SMILES string of the molecule is CC1CC(C)CN(S(=O)(=O)c2cccc(C(=O)NC3CCC(N)CC3)c2)C1.Cl. The van der Waals surface area contributed by atoms with Crippen LogP contribution in [0.1, 0.15) is 56.3 Å². The van der Waals surface area contributed by atoms with Gasteiger partial charge in [0.2, 0.25) is 10.0 Å². The molecule has 2 fully saturated rings. The van der Waals surface area contributed by atoms with Gasteiger partial charge in [0.15, 0.2) is 0 Å². The number of nitrogens with two attached hydrogens (primary N) is 1. The summed E-state index contributed by atoms with van der Waals surface area (Å²) >= 11 is 0. The van der Waals surface area contributed by atoms with Crippen molar-refractivity contribution in [1.29, 1.82) is 0 Å².